The zero-order valence-electron chi connectivity index (χ0n) is 17.1. The van der Waals surface area contributed by atoms with Gasteiger partial charge in [0, 0.05) is 28.0 Å². The first-order valence-electron chi connectivity index (χ1n) is 9.84. The maximum Gasteiger partial charge on any atom is 0.130 e. The van der Waals surface area contributed by atoms with Gasteiger partial charge in [-0.05, 0) is 60.7 Å². The number of aromatic nitrogens is 1. The van der Waals surface area contributed by atoms with Crippen molar-refractivity contribution in [2.75, 3.05) is 16.4 Å². The number of nitrogen functional groups attached to an aromatic ring is 1. The topological polar surface area (TPSA) is 89.8 Å². The van der Waals surface area contributed by atoms with Gasteiger partial charge in [0.15, 0.2) is 0 Å². The van der Waals surface area contributed by atoms with Crippen molar-refractivity contribution in [1.82, 2.24) is 4.98 Å². The number of hydrogen-bond donors (Lipinski definition) is 2. The largest absolute Gasteiger partial charge is 0.487 e. The molecule has 0 saturated heterocycles. The van der Waals surface area contributed by atoms with Crippen molar-refractivity contribution in [3.8, 4) is 5.75 Å². The summed E-state index contributed by atoms with van der Waals surface area (Å²) in [6, 6.07) is 15.7. The van der Waals surface area contributed by atoms with Crippen molar-refractivity contribution in [1.29, 1.82) is 0 Å². The molecule has 7 heteroatoms. The highest BCUT2D eigenvalue weighted by molar-refractivity contribution is 7.99. The molecule has 2 aromatic carbocycles. The van der Waals surface area contributed by atoms with E-state index < -0.39 is 0 Å². The number of hydrogen-bond acceptors (Lipinski definition) is 7. The van der Waals surface area contributed by atoms with E-state index in [1.54, 1.807) is 24.3 Å². The smallest absolute Gasteiger partial charge is 0.130 e. The van der Waals surface area contributed by atoms with Crippen LogP contribution in [0.3, 0.4) is 0 Å². The first-order chi connectivity index (χ1) is 14.6. The molecule has 0 saturated carbocycles. The first-order valence-corrected chi connectivity index (χ1v) is 10.8. The van der Waals surface area contributed by atoms with Crippen LogP contribution in [0.15, 0.2) is 64.6 Å². The number of anilines is 2. The van der Waals surface area contributed by atoms with E-state index in [1.165, 1.54) is 0 Å². The van der Waals surface area contributed by atoms with Crippen molar-refractivity contribution in [3.63, 3.8) is 0 Å². The Kier molecular flexibility index (Phi) is 5.92. The third-order valence-electron chi connectivity index (χ3n) is 4.96. The van der Waals surface area contributed by atoms with E-state index in [0.717, 1.165) is 50.3 Å². The highest BCUT2D eigenvalue weighted by Crippen LogP contribution is 2.39. The number of ether oxygens (including phenoxy) is 1. The maximum atomic E-state index is 6.57. The standard InChI is InChI=1S/C23H25N5OS/c1-3-30-22-12-20-18(11-19(22)24)23(25)28(14-27-20)17-7-8-21(15(2)10-17)29-13-16-6-4-5-9-26-16/h4-12,14,23H,3,13,24-25H2,1-2H3. The molecule has 30 heavy (non-hydrogen) atoms. The van der Waals surface area contributed by atoms with E-state index in [4.69, 9.17) is 16.2 Å². The molecule has 4 rings (SSSR count). The summed E-state index contributed by atoms with van der Waals surface area (Å²) in [7, 11) is 0. The molecule has 3 aromatic rings. The molecule has 1 aromatic heterocycles. The molecule has 0 radical (unpaired) electrons. The van der Waals surface area contributed by atoms with Crippen molar-refractivity contribution in [3.05, 3.63) is 71.5 Å². The molecular formula is C23H25N5OS. The van der Waals surface area contributed by atoms with E-state index in [0.29, 0.717) is 6.61 Å². The number of rotatable bonds is 6. The van der Waals surface area contributed by atoms with Crippen molar-refractivity contribution < 1.29 is 4.74 Å². The number of aliphatic imine (C=N–C) groups is 1. The average Bonchev–Trinajstić information content (AvgIpc) is 2.75. The van der Waals surface area contributed by atoms with Gasteiger partial charge in [-0.3, -0.25) is 4.98 Å². The minimum absolute atomic E-state index is 0.361. The van der Waals surface area contributed by atoms with Crippen LogP contribution in [0.1, 0.15) is 29.9 Å². The summed E-state index contributed by atoms with van der Waals surface area (Å²) in [6.45, 7) is 4.55. The highest BCUT2D eigenvalue weighted by atomic mass is 32.2. The SMILES string of the molecule is CCSc1cc2c(cc1N)C(N)N(c1ccc(OCc3ccccn3)c(C)c1)C=N2. The van der Waals surface area contributed by atoms with Gasteiger partial charge in [-0.15, -0.1) is 11.8 Å². The minimum Gasteiger partial charge on any atom is -0.487 e. The number of fused-ring (bicyclic) bond motifs is 1. The Balaban J connectivity index is 1.54. The van der Waals surface area contributed by atoms with Gasteiger partial charge in [-0.2, -0.15) is 0 Å². The maximum absolute atomic E-state index is 6.57. The summed E-state index contributed by atoms with van der Waals surface area (Å²) in [5.74, 6) is 1.77. The molecule has 0 bridgehead atoms. The molecule has 1 aliphatic heterocycles. The molecule has 1 aliphatic rings. The van der Waals surface area contributed by atoms with Crippen LogP contribution in [0.5, 0.6) is 5.75 Å². The fraction of sp³-hybridized carbons (Fsp3) is 0.217. The Morgan fingerprint density at radius 1 is 1.17 bits per heavy atom. The first kappa shape index (κ1) is 20.3. The zero-order valence-corrected chi connectivity index (χ0v) is 17.9. The Bertz CT molecular complexity index is 1070. The second kappa shape index (κ2) is 8.77. The monoisotopic (exact) mass is 419 g/mol. The second-order valence-electron chi connectivity index (χ2n) is 7.04. The number of thioether (sulfide) groups is 1. The molecule has 0 amide bonds. The number of pyridine rings is 1. The molecule has 1 atom stereocenters. The lowest BCUT2D eigenvalue weighted by molar-refractivity contribution is 0.299. The van der Waals surface area contributed by atoms with E-state index in [9.17, 15) is 0 Å². The Morgan fingerprint density at radius 2 is 2.03 bits per heavy atom. The van der Waals surface area contributed by atoms with Crippen LogP contribution >= 0.6 is 11.8 Å². The summed E-state index contributed by atoms with van der Waals surface area (Å²) >= 11 is 1.71. The summed E-state index contributed by atoms with van der Waals surface area (Å²) in [4.78, 5) is 11.9. The minimum atomic E-state index is -0.361. The van der Waals surface area contributed by atoms with Gasteiger partial charge < -0.3 is 21.1 Å². The van der Waals surface area contributed by atoms with E-state index in [1.807, 2.05) is 54.3 Å². The summed E-state index contributed by atoms with van der Waals surface area (Å²) in [5, 5.41) is 0. The summed E-state index contributed by atoms with van der Waals surface area (Å²) in [5.41, 5.74) is 18.2. The van der Waals surface area contributed by atoms with E-state index in [-0.39, 0.29) is 6.17 Å². The van der Waals surface area contributed by atoms with E-state index in [2.05, 4.69) is 23.0 Å². The van der Waals surface area contributed by atoms with Crippen LogP contribution in [0.4, 0.5) is 17.1 Å². The number of aryl methyl sites for hydroxylation is 1. The fourth-order valence-corrected chi connectivity index (χ4v) is 4.13. The Hall–Kier alpha value is -3.03. The van der Waals surface area contributed by atoms with E-state index >= 15 is 0 Å². The zero-order chi connectivity index (χ0) is 21.1. The summed E-state index contributed by atoms with van der Waals surface area (Å²) < 4.78 is 5.94. The van der Waals surface area contributed by atoms with Crippen molar-refractivity contribution in [2.24, 2.45) is 10.7 Å². The summed E-state index contributed by atoms with van der Waals surface area (Å²) in [6.07, 6.45) is 3.19. The molecule has 6 nitrogen and oxygen atoms in total. The molecule has 154 valence electrons. The molecule has 4 N–H and O–H groups in total. The third-order valence-corrected chi connectivity index (χ3v) is 5.91. The van der Waals surface area contributed by atoms with Crippen molar-refractivity contribution >= 4 is 35.2 Å². The molecule has 0 fully saturated rings. The number of benzene rings is 2. The fourth-order valence-electron chi connectivity index (χ4n) is 3.40. The second-order valence-corrected chi connectivity index (χ2v) is 8.34. The Labute approximate surface area is 181 Å². The van der Waals surface area contributed by atoms with Crippen molar-refractivity contribution in [2.45, 2.75) is 31.5 Å². The number of nitrogens with zero attached hydrogens (tertiary/aromatic N) is 3. The molecular weight excluding hydrogens is 394 g/mol. The van der Waals surface area contributed by atoms with Crippen LogP contribution in [0.25, 0.3) is 0 Å². The lowest BCUT2D eigenvalue weighted by Gasteiger charge is -2.32. The predicted octanol–water partition coefficient (Wildman–Crippen LogP) is 4.80. The molecule has 1 unspecified atom stereocenters. The highest BCUT2D eigenvalue weighted by Gasteiger charge is 2.24. The quantitative estimate of drug-likeness (QED) is 0.441. The van der Waals surface area contributed by atoms with Gasteiger partial charge in [-0.1, -0.05) is 13.0 Å². The van der Waals surface area contributed by atoms with Gasteiger partial charge in [0.25, 0.3) is 0 Å². The molecule has 2 heterocycles. The van der Waals surface area contributed by atoms with Gasteiger partial charge in [0.05, 0.1) is 17.7 Å². The lowest BCUT2D eigenvalue weighted by Crippen LogP contribution is -2.35. The van der Waals surface area contributed by atoms with Crippen LogP contribution in [-0.2, 0) is 6.61 Å². The van der Waals surface area contributed by atoms with Crippen LogP contribution < -0.4 is 21.1 Å². The van der Waals surface area contributed by atoms with Crippen LogP contribution in [0.2, 0.25) is 0 Å². The third kappa shape index (κ3) is 4.13. The van der Waals surface area contributed by atoms with Gasteiger partial charge in [0.2, 0.25) is 0 Å². The van der Waals surface area contributed by atoms with Gasteiger partial charge in [-0.25, -0.2) is 4.99 Å². The average molecular weight is 420 g/mol. The molecule has 0 aliphatic carbocycles. The normalized spacial score (nSPS) is 15.2. The predicted molar refractivity (Wildman–Crippen MR) is 125 cm³/mol. The molecule has 0 spiro atoms. The lowest BCUT2D eigenvalue weighted by atomic mass is 10.1. The van der Waals surface area contributed by atoms with Crippen LogP contribution in [0, 0.1) is 6.92 Å². The Morgan fingerprint density at radius 3 is 2.77 bits per heavy atom. The van der Waals surface area contributed by atoms with Gasteiger partial charge in [0.1, 0.15) is 18.5 Å². The van der Waals surface area contributed by atoms with Crippen LogP contribution in [-0.4, -0.2) is 17.1 Å². The van der Waals surface area contributed by atoms with Gasteiger partial charge >= 0.3 is 0 Å². The number of nitrogens with two attached hydrogens (primary N) is 2.